The number of nitrogens with two attached hydrogens (primary N) is 1. The molecule has 0 aliphatic rings. The fourth-order valence-electron chi connectivity index (χ4n) is 1.55. The molecule has 1 aromatic carbocycles. The molecule has 1 aromatic rings. The maximum Gasteiger partial charge on any atom is 0.253 e. The van der Waals surface area contributed by atoms with Crippen molar-refractivity contribution in [3.8, 4) is 0 Å². The van der Waals surface area contributed by atoms with E-state index in [-0.39, 0.29) is 16.4 Å². The van der Waals surface area contributed by atoms with Crippen molar-refractivity contribution in [1.29, 1.82) is 0 Å². The number of carbonyl (C=O) groups excluding carboxylic acids is 1. The normalized spacial score (nSPS) is 11.2. The van der Waals surface area contributed by atoms with Gasteiger partial charge < -0.3 is 4.90 Å². The van der Waals surface area contributed by atoms with Crippen molar-refractivity contribution in [1.82, 2.24) is 4.90 Å². The van der Waals surface area contributed by atoms with E-state index in [9.17, 15) is 13.2 Å². The van der Waals surface area contributed by atoms with Gasteiger partial charge in [-0.3, -0.25) is 4.79 Å². The average molecular weight is 347 g/mol. The molecule has 0 atom stereocenters. The lowest BCUT2D eigenvalue weighted by molar-refractivity contribution is 0.0806. The van der Waals surface area contributed by atoms with E-state index in [1.807, 2.05) is 0 Å². The Kier molecular flexibility index (Phi) is 4.89. The Morgan fingerprint density at radius 2 is 2.00 bits per heavy atom. The number of hydrogen-bond donors (Lipinski definition) is 1. The first kappa shape index (κ1) is 15.9. The van der Waals surface area contributed by atoms with Crippen LogP contribution in [0.1, 0.15) is 17.3 Å². The topological polar surface area (TPSA) is 80.5 Å². The van der Waals surface area contributed by atoms with E-state index in [0.717, 1.165) is 5.57 Å². The molecule has 0 radical (unpaired) electrons. The molecule has 19 heavy (non-hydrogen) atoms. The minimum atomic E-state index is -3.85. The third kappa shape index (κ3) is 4.45. The Balaban J connectivity index is 3.18. The summed E-state index contributed by atoms with van der Waals surface area (Å²) < 4.78 is 23.1. The van der Waals surface area contributed by atoms with Crippen LogP contribution in [0, 0.1) is 0 Å². The maximum atomic E-state index is 12.1. The van der Waals surface area contributed by atoms with Crippen LogP contribution in [0.3, 0.4) is 0 Å². The summed E-state index contributed by atoms with van der Waals surface area (Å²) in [5.74, 6) is -0.297. The molecule has 0 unspecified atom stereocenters. The van der Waals surface area contributed by atoms with Gasteiger partial charge in [0.2, 0.25) is 10.0 Å². The lowest BCUT2D eigenvalue weighted by atomic mass is 10.2. The van der Waals surface area contributed by atoms with Crippen LogP contribution < -0.4 is 5.14 Å². The average Bonchev–Trinajstić information content (AvgIpc) is 2.25. The zero-order valence-electron chi connectivity index (χ0n) is 10.7. The summed E-state index contributed by atoms with van der Waals surface area (Å²) in [6.45, 7) is 5.93. The molecule has 0 aliphatic carbocycles. The number of primary sulfonamides is 1. The molecule has 0 saturated carbocycles. The Bertz CT molecular complexity index is 626. The van der Waals surface area contributed by atoms with Gasteiger partial charge in [-0.25, -0.2) is 13.6 Å². The number of carbonyl (C=O) groups is 1. The highest BCUT2D eigenvalue weighted by molar-refractivity contribution is 9.10. The number of sulfonamides is 1. The lowest BCUT2D eigenvalue weighted by Crippen LogP contribution is -2.28. The number of likely N-dealkylation sites (N-methyl/N-ethyl adjacent to an activating group) is 1. The molecule has 0 aliphatic heterocycles. The number of hydrogen-bond acceptors (Lipinski definition) is 3. The fraction of sp³-hybridized carbons (Fsp3) is 0.250. The van der Waals surface area contributed by atoms with Crippen LogP contribution in [-0.4, -0.2) is 32.8 Å². The minimum Gasteiger partial charge on any atom is -0.338 e. The van der Waals surface area contributed by atoms with Gasteiger partial charge in [0.25, 0.3) is 5.91 Å². The first-order chi connectivity index (χ1) is 8.61. The third-order valence-electron chi connectivity index (χ3n) is 2.30. The maximum absolute atomic E-state index is 12.1. The fourth-order valence-corrected chi connectivity index (χ4v) is 2.77. The highest BCUT2D eigenvalue weighted by Crippen LogP contribution is 2.19. The summed E-state index contributed by atoms with van der Waals surface area (Å²) >= 11 is 3.17. The van der Waals surface area contributed by atoms with Crippen LogP contribution in [0.25, 0.3) is 0 Å². The van der Waals surface area contributed by atoms with Gasteiger partial charge in [-0.1, -0.05) is 28.1 Å². The molecule has 104 valence electrons. The summed E-state index contributed by atoms with van der Waals surface area (Å²) in [5.41, 5.74) is 1.08. The molecule has 1 rings (SSSR count). The van der Waals surface area contributed by atoms with Crippen LogP contribution in [0.15, 0.2) is 39.7 Å². The van der Waals surface area contributed by atoms with E-state index in [1.165, 1.54) is 17.0 Å². The predicted molar refractivity (Wildman–Crippen MR) is 77.3 cm³/mol. The van der Waals surface area contributed by atoms with Gasteiger partial charge in [0.15, 0.2) is 0 Å². The van der Waals surface area contributed by atoms with Gasteiger partial charge in [-0.15, -0.1) is 0 Å². The second kappa shape index (κ2) is 5.85. The SMILES string of the molecule is C=C(C)CN(C)C(=O)c1cc(Br)cc(S(N)(=O)=O)c1. The molecular weight excluding hydrogens is 332 g/mol. The number of halogens is 1. The number of benzene rings is 1. The van der Waals surface area contributed by atoms with Crippen molar-refractivity contribution in [2.75, 3.05) is 13.6 Å². The molecule has 7 heteroatoms. The summed E-state index contributed by atoms with van der Waals surface area (Å²) in [4.78, 5) is 13.5. The summed E-state index contributed by atoms with van der Waals surface area (Å²) in [6, 6.07) is 4.16. The van der Waals surface area contributed by atoms with Gasteiger partial charge in [0, 0.05) is 23.6 Å². The second-order valence-electron chi connectivity index (χ2n) is 4.34. The molecular formula is C12H15BrN2O3S. The van der Waals surface area contributed by atoms with E-state index in [1.54, 1.807) is 20.0 Å². The van der Waals surface area contributed by atoms with Crippen LogP contribution in [0.5, 0.6) is 0 Å². The Labute approximate surface area is 121 Å². The van der Waals surface area contributed by atoms with Gasteiger partial charge in [0.05, 0.1) is 4.90 Å². The van der Waals surface area contributed by atoms with E-state index in [0.29, 0.717) is 11.0 Å². The van der Waals surface area contributed by atoms with Crippen molar-refractivity contribution in [2.45, 2.75) is 11.8 Å². The number of amides is 1. The van der Waals surface area contributed by atoms with E-state index >= 15 is 0 Å². The summed E-state index contributed by atoms with van der Waals surface area (Å²) in [5, 5.41) is 5.06. The minimum absolute atomic E-state index is 0.103. The van der Waals surface area contributed by atoms with E-state index < -0.39 is 10.0 Å². The van der Waals surface area contributed by atoms with E-state index in [4.69, 9.17) is 5.14 Å². The third-order valence-corrected chi connectivity index (χ3v) is 3.65. The Morgan fingerprint density at radius 1 is 1.42 bits per heavy atom. The first-order valence-electron chi connectivity index (χ1n) is 5.34. The molecule has 0 fully saturated rings. The lowest BCUT2D eigenvalue weighted by Gasteiger charge is -2.17. The standard InChI is InChI=1S/C12H15BrN2O3S/c1-8(2)7-15(3)12(16)9-4-10(13)6-11(5-9)19(14,17)18/h4-6H,1,7H2,2-3H3,(H2,14,17,18). The summed E-state index contributed by atoms with van der Waals surface area (Å²) in [6.07, 6.45) is 0. The van der Waals surface area contributed by atoms with Crippen LogP contribution in [0.4, 0.5) is 0 Å². The van der Waals surface area contributed by atoms with Crippen molar-refractivity contribution in [3.05, 3.63) is 40.4 Å². The molecule has 0 bridgehead atoms. The van der Waals surface area contributed by atoms with Gasteiger partial charge in [-0.2, -0.15) is 0 Å². The van der Waals surface area contributed by atoms with Crippen molar-refractivity contribution in [3.63, 3.8) is 0 Å². The van der Waals surface area contributed by atoms with E-state index in [2.05, 4.69) is 22.5 Å². The molecule has 0 aromatic heterocycles. The van der Waals surface area contributed by atoms with Crippen LogP contribution in [-0.2, 0) is 10.0 Å². The van der Waals surface area contributed by atoms with Gasteiger partial charge in [0.1, 0.15) is 0 Å². The van der Waals surface area contributed by atoms with Crippen molar-refractivity contribution < 1.29 is 13.2 Å². The molecule has 0 spiro atoms. The van der Waals surface area contributed by atoms with Gasteiger partial charge in [-0.05, 0) is 25.1 Å². The first-order valence-corrected chi connectivity index (χ1v) is 7.68. The molecule has 2 N–H and O–H groups in total. The van der Waals surface area contributed by atoms with Crippen molar-refractivity contribution in [2.24, 2.45) is 5.14 Å². The highest BCUT2D eigenvalue weighted by atomic mass is 79.9. The van der Waals surface area contributed by atoms with Crippen molar-refractivity contribution >= 4 is 31.9 Å². The monoisotopic (exact) mass is 346 g/mol. The summed E-state index contributed by atoms with van der Waals surface area (Å²) in [7, 11) is -2.23. The second-order valence-corrected chi connectivity index (χ2v) is 6.82. The number of rotatable bonds is 4. The smallest absolute Gasteiger partial charge is 0.253 e. The molecule has 5 nitrogen and oxygen atoms in total. The van der Waals surface area contributed by atoms with Gasteiger partial charge >= 0.3 is 0 Å². The molecule has 1 amide bonds. The molecule has 0 saturated heterocycles. The predicted octanol–water partition coefficient (Wildman–Crippen LogP) is 1.74. The zero-order chi connectivity index (χ0) is 14.8. The Morgan fingerprint density at radius 3 is 2.47 bits per heavy atom. The highest BCUT2D eigenvalue weighted by Gasteiger charge is 2.16. The largest absolute Gasteiger partial charge is 0.338 e. The number of nitrogens with zero attached hydrogens (tertiary/aromatic N) is 1. The quantitative estimate of drug-likeness (QED) is 0.843. The zero-order valence-corrected chi connectivity index (χ0v) is 13.1. The Hall–Kier alpha value is -1.18. The molecule has 0 heterocycles. The van der Waals surface area contributed by atoms with Crippen LogP contribution in [0.2, 0.25) is 0 Å². The van der Waals surface area contributed by atoms with Crippen LogP contribution >= 0.6 is 15.9 Å².